The molecule has 2 amide bonds. The molecule has 0 bridgehead atoms. The first-order valence-electron chi connectivity index (χ1n) is 5.71. The van der Waals surface area contributed by atoms with Gasteiger partial charge in [-0.15, -0.1) is 0 Å². The highest BCUT2D eigenvalue weighted by Crippen LogP contribution is 2.21. The highest BCUT2D eigenvalue weighted by atomic mass is 19.1. The highest BCUT2D eigenvalue weighted by molar-refractivity contribution is 5.94. The predicted molar refractivity (Wildman–Crippen MR) is 69.6 cm³/mol. The molecule has 0 unspecified atom stereocenters. The molecule has 0 heterocycles. The molecule has 6 heteroatoms. The third kappa shape index (κ3) is 3.01. The van der Waals surface area contributed by atoms with Crippen molar-refractivity contribution in [2.45, 2.75) is 26.3 Å². The molecule has 2 N–H and O–H groups in total. The maximum atomic E-state index is 13.6. The van der Waals surface area contributed by atoms with E-state index in [1.54, 1.807) is 13.0 Å². The van der Waals surface area contributed by atoms with E-state index in [9.17, 15) is 14.0 Å². The SMILES string of the molecule is Cc1cccc(F)c1NC(=O)N(C)C(C)(C)C(=O)O. The molecular weight excluding hydrogens is 251 g/mol. The molecule has 1 aromatic carbocycles. The fourth-order valence-electron chi connectivity index (χ4n) is 1.38. The summed E-state index contributed by atoms with van der Waals surface area (Å²) in [4.78, 5) is 24.0. The first-order valence-corrected chi connectivity index (χ1v) is 5.71. The van der Waals surface area contributed by atoms with Crippen molar-refractivity contribution in [2.75, 3.05) is 12.4 Å². The van der Waals surface area contributed by atoms with Gasteiger partial charge in [-0.1, -0.05) is 12.1 Å². The fraction of sp³-hybridized carbons (Fsp3) is 0.385. The smallest absolute Gasteiger partial charge is 0.329 e. The topological polar surface area (TPSA) is 69.6 Å². The Kier molecular flexibility index (Phi) is 4.14. The van der Waals surface area contributed by atoms with Crippen LogP contribution >= 0.6 is 0 Å². The van der Waals surface area contributed by atoms with Gasteiger partial charge in [0.05, 0.1) is 5.69 Å². The van der Waals surface area contributed by atoms with Crippen molar-refractivity contribution < 1.29 is 19.1 Å². The second kappa shape index (κ2) is 5.26. The fourth-order valence-corrected chi connectivity index (χ4v) is 1.38. The van der Waals surface area contributed by atoms with Crippen LogP contribution in [0.5, 0.6) is 0 Å². The third-order valence-electron chi connectivity index (χ3n) is 3.12. The number of carbonyl (C=O) groups excluding carboxylic acids is 1. The van der Waals surface area contributed by atoms with Crippen LogP contribution in [0.15, 0.2) is 18.2 Å². The van der Waals surface area contributed by atoms with Crippen LogP contribution in [0.1, 0.15) is 19.4 Å². The summed E-state index contributed by atoms with van der Waals surface area (Å²) in [5.41, 5.74) is -0.765. The average molecular weight is 268 g/mol. The van der Waals surface area contributed by atoms with Crippen LogP contribution < -0.4 is 5.32 Å². The van der Waals surface area contributed by atoms with Gasteiger partial charge in [0, 0.05) is 7.05 Å². The van der Waals surface area contributed by atoms with Gasteiger partial charge in [0.25, 0.3) is 0 Å². The first kappa shape index (κ1) is 14.9. The number of hydrogen-bond donors (Lipinski definition) is 2. The van der Waals surface area contributed by atoms with Crippen LogP contribution in [-0.2, 0) is 4.79 Å². The van der Waals surface area contributed by atoms with Gasteiger partial charge in [-0.2, -0.15) is 0 Å². The van der Waals surface area contributed by atoms with Crippen LogP contribution in [0.4, 0.5) is 14.9 Å². The van der Waals surface area contributed by atoms with E-state index >= 15 is 0 Å². The molecule has 104 valence electrons. The molecule has 1 rings (SSSR count). The van der Waals surface area contributed by atoms with Gasteiger partial charge < -0.3 is 15.3 Å². The standard InChI is InChI=1S/C13H17FN2O3/c1-8-6-5-7-9(14)10(8)15-12(19)16(4)13(2,3)11(17)18/h5-7H,1-4H3,(H,15,19)(H,17,18). The minimum atomic E-state index is -1.39. The molecule has 0 radical (unpaired) electrons. The van der Waals surface area contributed by atoms with Gasteiger partial charge in [0.2, 0.25) is 0 Å². The van der Waals surface area contributed by atoms with E-state index in [1.807, 2.05) is 0 Å². The lowest BCUT2D eigenvalue weighted by atomic mass is 10.0. The van der Waals surface area contributed by atoms with E-state index < -0.39 is 23.4 Å². The predicted octanol–water partition coefficient (Wildman–Crippen LogP) is 2.46. The summed E-state index contributed by atoms with van der Waals surface area (Å²) < 4.78 is 13.6. The summed E-state index contributed by atoms with van der Waals surface area (Å²) in [5.74, 6) is -1.70. The Labute approximate surface area is 111 Å². The Hall–Kier alpha value is -2.11. The number of amides is 2. The number of anilines is 1. The summed E-state index contributed by atoms with van der Waals surface area (Å²) in [7, 11) is 1.35. The molecule has 0 spiro atoms. The van der Waals surface area contributed by atoms with Crippen LogP contribution in [0.3, 0.4) is 0 Å². The number of aliphatic carboxylic acids is 1. The number of likely N-dealkylation sites (N-methyl/N-ethyl adjacent to an activating group) is 1. The van der Waals surface area contributed by atoms with Gasteiger partial charge in [0.1, 0.15) is 11.4 Å². The molecule has 0 aliphatic carbocycles. The van der Waals surface area contributed by atoms with Gasteiger partial charge in [-0.25, -0.2) is 14.0 Å². The molecule has 0 aliphatic rings. The number of rotatable bonds is 3. The molecule has 0 fully saturated rings. The lowest BCUT2D eigenvalue weighted by Crippen LogP contribution is -2.52. The normalized spacial score (nSPS) is 11.0. The number of aryl methyl sites for hydroxylation is 1. The summed E-state index contributed by atoms with van der Waals surface area (Å²) in [6.07, 6.45) is 0. The van der Waals surface area contributed by atoms with Crippen molar-refractivity contribution in [3.63, 3.8) is 0 Å². The van der Waals surface area contributed by atoms with Crippen LogP contribution in [-0.4, -0.2) is 34.6 Å². The van der Waals surface area contributed by atoms with Crippen LogP contribution in [0.25, 0.3) is 0 Å². The zero-order valence-electron chi connectivity index (χ0n) is 11.3. The zero-order chi connectivity index (χ0) is 14.8. The Morgan fingerprint density at radius 3 is 2.42 bits per heavy atom. The molecular formula is C13H17FN2O3. The maximum Gasteiger partial charge on any atom is 0.329 e. The minimum Gasteiger partial charge on any atom is -0.480 e. The van der Waals surface area contributed by atoms with Crippen molar-refractivity contribution in [3.8, 4) is 0 Å². The first-order chi connectivity index (χ1) is 8.67. The van der Waals surface area contributed by atoms with Gasteiger partial charge in [-0.3, -0.25) is 0 Å². The van der Waals surface area contributed by atoms with E-state index in [-0.39, 0.29) is 5.69 Å². The molecule has 0 aliphatic heterocycles. The molecule has 0 aromatic heterocycles. The number of carboxylic acids is 1. The largest absolute Gasteiger partial charge is 0.480 e. The lowest BCUT2D eigenvalue weighted by molar-refractivity contribution is -0.146. The maximum absolute atomic E-state index is 13.6. The van der Waals surface area contributed by atoms with E-state index in [1.165, 1.54) is 33.0 Å². The number of carbonyl (C=O) groups is 2. The number of carboxylic acid groups (broad SMARTS) is 1. The van der Waals surface area contributed by atoms with Crippen molar-refractivity contribution in [2.24, 2.45) is 0 Å². The van der Waals surface area contributed by atoms with Crippen LogP contribution in [0.2, 0.25) is 0 Å². The van der Waals surface area contributed by atoms with E-state index in [2.05, 4.69) is 5.32 Å². The van der Waals surface area contributed by atoms with Crippen molar-refractivity contribution in [1.29, 1.82) is 0 Å². The Morgan fingerprint density at radius 1 is 1.37 bits per heavy atom. The highest BCUT2D eigenvalue weighted by Gasteiger charge is 2.35. The number of halogens is 1. The Balaban J connectivity index is 2.95. The second-order valence-corrected chi connectivity index (χ2v) is 4.79. The summed E-state index contributed by atoms with van der Waals surface area (Å²) in [5, 5.41) is 11.4. The van der Waals surface area contributed by atoms with Crippen molar-refractivity contribution in [1.82, 2.24) is 4.90 Å². The average Bonchev–Trinajstić information content (AvgIpc) is 2.32. The quantitative estimate of drug-likeness (QED) is 0.884. The summed E-state index contributed by atoms with van der Waals surface area (Å²) >= 11 is 0. The molecule has 0 saturated heterocycles. The zero-order valence-corrected chi connectivity index (χ0v) is 11.3. The van der Waals surface area contributed by atoms with Crippen LogP contribution in [0, 0.1) is 12.7 Å². The number of benzene rings is 1. The molecule has 0 atom stereocenters. The number of para-hydroxylation sites is 1. The van der Waals surface area contributed by atoms with Gasteiger partial charge in [-0.05, 0) is 32.4 Å². The Morgan fingerprint density at radius 2 is 1.95 bits per heavy atom. The summed E-state index contributed by atoms with van der Waals surface area (Å²) in [6, 6.07) is 3.73. The molecule has 1 aromatic rings. The van der Waals surface area contributed by atoms with E-state index in [0.29, 0.717) is 5.56 Å². The third-order valence-corrected chi connectivity index (χ3v) is 3.12. The minimum absolute atomic E-state index is 0.0561. The number of nitrogens with one attached hydrogen (secondary N) is 1. The van der Waals surface area contributed by atoms with E-state index in [0.717, 1.165) is 4.90 Å². The molecule has 19 heavy (non-hydrogen) atoms. The molecule has 0 saturated carbocycles. The molecule has 5 nitrogen and oxygen atoms in total. The van der Waals surface area contributed by atoms with E-state index in [4.69, 9.17) is 5.11 Å². The number of hydrogen-bond acceptors (Lipinski definition) is 2. The monoisotopic (exact) mass is 268 g/mol. The second-order valence-electron chi connectivity index (χ2n) is 4.79. The summed E-state index contributed by atoms with van der Waals surface area (Å²) in [6.45, 7) is 4.44. The van der Waals surface area contributed by atoms with Gasteiger partial charge >= 0.3 is 12.0 Å². The lowest BCUT2D eigenvalue weighted by Gasteiger charge is -2.31. The van der Waals surface area contributed by atoms with Crippen molar-refractivity contribution in [3.05, 3.63) is 29.6 Å². The number of nitrogens with zero attached hydrogens (tertiary/aromatic N) is 1. The van der Waals surface area contributed by atoms with Crippen molar-refractivity contribution >= 4 is 17.7 Å². The number of urea groups is 1. The van der Waals surface area contributed by atoms with Gasteiger partial charge in [0.15, 0.2) is 0 Å². The Bertz CT molecular complexity index is 494.